The lowest BCUT2D eigenvalue weighted by Gasteiger charge is -1.97. The van der Waals surface area contributed by atoms with Crippen LogP contribution in [0.5, 0.6) is 0 Å². The Morgan fingerprint density at radius 2 is 1.80 bits per heavy atom. The second kappa shape index (κ2) is 5.75. The molecule has 4 heteroatoms. The van der Waals surface area contributed by atoms with Gasteiger partial charge in [0.15, 0.2) is 11.4 Å². The molecule has 0 unspecified atom stereocenters. The van der Waals surface area contributed by atoms with E-state index in [1.165, 1.54) is 11.8 Å². The molecule has 0 bridgehead atoms. The number of allylic oxidation sites excluding steroid dienone is 1. The first-order valence-corrected chi connectivity index (χ1v) is 7.01. The number of aromatic nitrogens is 2. The summed E-state index contributed by atoms with van der Waals surface area (Å²) in [5.74, 6) is 0. The number of thioether (sulfide) groups is 1. The van der Waals surface area contributed by atoms with Gasteiger partial charge in [-0.05, 0) is 35.5 Å². The molecule has 1 heterocycles. The number of benzene rings is 2. The van der Waals surface area contributed by atoms with Crippen molar-refractivity contribution in [2.75, 3.05) is 0 Å². The van der Waals surface area contributed by atoms with Crippen LogP contribution in [-0.2, 0) is 4.79 Å². The van der Waals surface area contributed by atoms with Crippen LogP contribution >= 0.6 is 11.8 Å². The number of aromatic amines is 1. The topological polar surface area (TPSA) is 45.8 Å². The highest BCUT2D eigenvalue weighted by Crippen LogP contribution is 2.26. The third-order valence-corrected chi connectivity index (χ3v) is 3.64. The maximum Gasteiger partial charge on any atom is 0.171 e. The van der Waals surface area contributed by atoms with Crippen LogP contribution in [0.4, 0.5) is 0 Å². The molecular formula is C16H12N2OS. The van der Waals surface area contributed by atoms with E-state index in [2.05, 4.69) is 9.97 Å². The minimum atomic E-state index is 0.621. The maximum atomic E-state index is 11.2. The quantitative estimate of drug-likeness (QED) is 0.448. The van der Waals surface area contributed by atoms with Gasteiger partial charge in [0.25, 0.3) is 0 Å². The van der Waals surface area contributed by atoms with Crippen molar-refractivity contribution in [3.05, 3.63) is 65.1 Å². The van der Waals surface area contributed by atoms with E-state index in [0.29, 0.717) is 4.91 Å². The number of fused-ring (bicyclic) bond motifs is 1. The Labute approximate surface area is 120 Å². The average Bonchev–Trinajstić information content (AvgIpc) is 2.90. The van der Waals surface area contributed by atoms with Crippen LogP contribution in [0.2, 0.25) is 0 Å². The van der Waals surface area contributed by atoms with Crippen LogP contribution in [0.1, 0.15) is 5.56 Å². The van der Waals surface area contributed by atoms with E-state index in [1.54, 1.807) is 0 Å². The van der Waals surface area contributed by atoms with Gasteiger partial charge in [0, 0.05) is 0 Å². The summed E-state index contributed by atoms with van der Waals surface area (Å²) in [5, 5.41) is 0.723. The Morgan fingerprint density at radius 3 is 2.55 bits per heavy atom. The molecule has 3 rings (SSSR count). The molecule has 0 radical (unpaired) electrons. The summed E-state index contributed by atoms with van der Waals surface area (Å²) in [4.78, 5) is 19.5. The minimum Gasteiger partial charge on any atom is -0.333 e. The highest BCUT2D eigenvalue weighted by molar-refractivity contribution is 8.03. The van der Waals surface area contributed by atoms with Gasteiger partial charge in [-0.25, -0.2) is 4.98 Å². The van der Waals surface area contributed by atoms with Crippen molar-refractivity contribution in [1.29, 1.82) is 0 Å². The van der Waals surface area contributed by atoms with Gasteiger partial charge in [-0.15, -0.1) is 0 Å². The zero-order chi connectivity index (χ0) is 13.8. The Balaban J connectivity index is 1.88. The van der Waals surface area contributed by atoms with Crippen molar-refractivity contribution in [1.82, 2.24) is 9.97 Å². The number of nitrogens with zero attached hydrogens (tertiary/aromatic N) is 1. The number of rotatable bonds is 4. The fourth-order valence-corrected chi connectivity index (χ4v) is 2.66. The smallest absolute Gasteiger partial charge is 0.171 e. The summed E-state index contributed by atoms with van der Waals surface area (Å²) in [6.45, 7) is 0. The third-order valence-electron chi connectivity index (χ3n) is 2.81. The van der Waals surface area contributed by atoms with E-state index < -0.39 is 0 Å². The highest BCUT2D eigenvalue weighted by Gasteiger charge is 2.05. The number of carbonyl (C=O) groups is 1. The van der Waals surface area contributed by atoms with Crippen molar-refractivity contribution < 1.29 is 4.79 Å². The van der Waals surface area contributed by atoms with E-state index in [-0.39, 0.29) is 0 Å². The molecule has 1 aromatic heterocycles. The van der Waals surface area contributed by atoms with Crippen molar-refractivity contribution in [2.24, 2.45) is 0 Å². The standard InChI is InChI=1S/C16H12N2OS/c19-11-13(10-12-6-2-1-3-7-12)20-16-17-14-8-4-5-9-15(14)18-16/h1-11H,(H,17,18). The molecule has 0 aliphatic heterocycles. The summed E-state index contributed by atoms with van der Waals surface area (Å²) < 4.78 is 0. The molecular weight excluding hydrogens is 268 g/mol. The second-order valence-electron chi connectivity index (χ2n) is 4.24. The van der Waals surface area contributed by atoms with Crippen LogP contribution in [-0.4, -0.2) is 16.3 Å². The Morgan fingerprint density at radius 1 is 1.05 bits per heavy atom. The molecule has 0 atom stereocenters. The van der Waals surface area contributed by atoms with Gasteiger partial charge in [-0.1, -0.05) is 42.5 Å². The Bertz CT molecular complexity index is 729. The molecule has 0 aliphatic rings. The van der Waals surface area contributed by atoms with Crippen LogP contribution in [0.15, 0.2) is 64.7 Å². The first-order chi connectivity index (χ1) is 9.85. The molecule has 0 aliphatic carbocycles. The van der Waals surface area contributed by atoms with Crippen molar-refractivity contribution >= 4 is 35.2 Å². The van der Waals surface area contributed by atoms with E-state index in [0.717, 1.165) is 28.0 Å². The van der Waals surface area contributed by atoms with Gasteiger partial charge in [0.2, 0.25) is 0 Å². The van der Waals surface area contributed by atoms with Crippen molar-refractivity contribution in [3.8, 4) is 0 Å². The maximum absolute atomic E-state index is 11.2. The predicted octanol–water partition coefficient (Wildman–Crippen LogP) is 3.90. The molecule has 0 saturated heterocycles. The second-order valence-corrected chi connectivity index (χ2v) is 5.30. The van der Waals surface area contributed by atoms with E-state index in [4.69, 9.17) is 0 Å². The zero-order valence-corrected chi connectivity index (χ0v) is 11.4. The number of hydrogen-bond acceptors (Lipinski definition) is 3. The molecule has 98 valence electrons. The molecule has 2 aromatic carbocycles. The van der Waals surface area contributed by atoms with Gasteiger partial charge >= 0.3 is 0 Å². The zero-order valence-electron chi connectivity index (χ0n) is 10.6. The van der Waals surface area contributed by atoms with Gasteiger partial charge < -0.3 is 4.98 Å². The highest BCUT2D eigenvalue weighted by atomic mass is 32.2. The Kier molecular flexibility index (Phi) is 3.65. The number of hydrogen-bond donors (Lipinski definition) is 1. The van der Waals surface area contributed by atoms with Crippen molar-refractivity contribution in [3.63, 3.8) is 0 Å². The van der Waals surface area contributed by atoms with Gasteiger partial charge in [-0.3, -0.25) is 4.79 Å². The molecule has 0 fully saturated rings. The molecule has 3 aromatic rings. The van der Waals surface area contributed by atoms with Crippen LogP contribution in [0, 0.1) is 0 Å². The summed E-state index contributed by atoms with van der Waals surface area (Å²) in [7, 11) is 0. The summed E-state index contributed by atoms with van der Waals surface area (Å²) >= 11 is 1.34. The number of aldehydes is 1. The molecule has 1 N–H and O–H groups in total. The fraction of sp³-hybridized carbons (Fsp3) is 0. The normalized spacial score (nSPS) is 11.7. The number of imidazole rings is 1. The van der Waals surface area contributed by atoms with Crippen LogP contribution < -0.4 is 0 Å². The lowest BCUT2D eigenvalue weighted by Crippen LogP contribution is -1.82. The van der Waals surface area contributed by atoms with E-state index in [1.807, 2.05) is 60.7 Å². The average molecular weight is 280 g/mol. The lowest BCUT2D eigenvalue weighted by atomic mass is 10.2. The molecule has 0 spiro atoms. The lowest BCUT2D eigenvalue weighted by molar-refractivity contribution is -0.104. The molecule has 3 nitrogen and oxygen atoms in total. The van der Waals surface area contributed by atoms with Gasteiger partial charge in [-0.2, -0.15) is 0 Å². The molecule has 20 heavy (non-hydrogen) atoms. The third kappa shape index (κ3) is 2.81. The Hall–Kier alpha value is -2.33. The predicted molar refractivity (Wildman–Crippen MR) is 82.4 cm³/mol. The van der Waals surface area contributed by atoms with Crippen molar-refractivity contribution in [2.45, 2.75) is 5.16 Å². The van der Waals surface area contributed by atoms with Gasteiger partial charge in [0.05, 0.1) is 15.9 Å². The summed E-state index contributed by atoms with van der Waals surface area (Å²) in [6, 6.07) is 17.6. The van der Waals surface area contributed by atoms with E-state index >= 15 is 0 Å². The first kappa shape index (κ1) is 12.7. The SMILES string of the molecule is O=CC(=Cc1ccccc1)Sc1nc2ccccc2[nH]1. The number of para-hydroxylation sites is 2. The summed E-state index contributed by atoms with van der Waals surface area (Å²) in [6.07, 6.45) is 2.70. The number of carbonyl (C=O) groups excluding carboxylic acids is 1. The molecule has 0 saturated carbocycles. The largest absolute Gasteiger partial charge is 0.333 e. The fourth-order valence-electron chi connectivity index (χ4n) is 1.89. The number of nitrogens with one attached hydrogen (secondary N) is 1. The monoisotopic (exact) mass is 280 g/mol. The van der Waals surface area contributed by atoms with E-state index in [9.17, 15) is 4.79 Å². The number of H-pyrrole nitrogens is 1. The van der Waals surface area contributed by atoms with Crippen LogP contribution in [0.3, 0.4) is 0 Å². The first-order valence-electron chi connectivity index (χ1n) is 6.20. The molecule has 0 amide bonds. The summed E-state index contributed by atoms with van der Waals surface area (Å²) in [5.41, 5.74) is 2.87. The van der Waals surface area contributed by atoms with Gasteiger partial charge in [0.1, 0.15) is 0 Å². The van der Waals surface area contributed by atoms with Crippen LogP contribution in [0.25, 0.3) is 17.1 Å². The minimum absolute atomic E-state index is 0.621.